The fourth-order valence-corrected chi connectivity index (χ4v) is 4.48. The molecule has 1 aromatic carbocycles. The molecule has 8 nitrogen and oxygen atoms in total. The number of alkyl halides is 3. The first-order chi connectivity index (χ1) is 16.9. The molecule has 1 fully saturated rings. The zero-order chi connectivity index (χ0) is 26.4. The van der Waals surface area contributed by atoms with Crippen LogP contribution in [0, 0.1) is 0 Å². The van der Waals surface area contributed by atoms with Gasteiger partial charge < -0.3 is 24.8 Å². The molecule has 1 amide bonds. The molecule has 1 atom stereocenters. The molecule has 0 bridgehead atoms. The number of rotatable bonds is 5. The van der Waals surface area contributed by atoms with Gasteiger partial charge in [0.05, 0.1) is 16.0 Å². The van der Waals surface area contributed by atoms with Crippen molar-refractivity contribution in [3.63, 3.8) is 0 Å². The van der Waals surface area contributed by atoms with Gasteiger partial charge >= 0.3 is 6.18 Å². The van der Waals surface area contributed by atoms with Gasteiger partial charge in [-0.15, -0.1) is 0 Å². The minimum atomic E-state index is -4.58. The molecule has 2 aromatic heterocycles. The fourth-order valence-electron chi connectivity index (χ4n) is 4.26. The number of amides is 1. The first-order valence-corrected chi connectivity index (χ1v) is 12.0. The third kappa shape index (κ3) is 5.02. The van der Waals surface area contributed by atoms with Crippen LogP contribution in [0.1, 0.15) is 50.9 Å². The van der Waals surface area contributed by atoms with Crippen LogP contribution in [0.2, 0.25) is 5.02 Å². The predicted octanol–water partition coefficient (Wildman–Crippen LogP) is 5.23. The van der Waals surface area contributed by atoms with Gasteiger partial charge in [0, 0.05) is 51.4 Å². The van der Waals surface area contributed by atoms with Crippen LogP contribution in [0.15, 0.2) is 24.4 Å². The monoisotopic (exact) mass is 524 g/mol. The molecule has 2 N–H and O–H groups in total. The summed E-state index contributed by atoms with van der Waals surface area (Å²) in [6.45, 7) is 9.12. The van der Waals surface area contributed by atoms with Crippen molar-refractivity contribution in [2.45, 2.75) is 46.0 Å². The number of carbonyl (C=O) groups excluding carboxylic acids is 1. The number of fused-ring (bicyclic) bond motifs is 1. The molecule has 0 spiro atoms. The van der Waals surface area contributed by atoms with Gasteiger partial charge in [-0.05, 0) is 38.5 Å². The lowest BCUT2D eigenvalue weighted by Crippen LogP contribution is -2.48. The summed E-state index contributed by atoms with van der Waals surface area (Å²) in [5.74, 6) is 0.724. The number of aromatic hydroxyl groups is 1. The van der Waals surface area contributed by atoms with E-state index < -0.39 is 17.8 Å². The van der Waals surface area contributed by atoms with Crippen LogP contribution >= 0.6 is 11.6 Å². The maximum Gasteiger partial charge on any atom is 0.417 e. The van der Waals surface area contributed by atoms with Crippen molar-refractivity contribution >= 4 is 40.2 Å². The number of hydrogen-bond acceptors (Lipinski definition) is 6. The predicted molar refractivity (Wildman–Crippen MR) is 133 cm³/mol. The number of carbonyl (C=O) groups is 1. The number of halogens is 4. The second kappa shape index (κ2) is 9.68. The highest BCUT2D eigenvalue weighted by Crippen LogP contribution is 2.38. The molecule has 4 rings (SSSR count). The van der Waals surface area contributed by atoms with Gasteiger partial charge in [0.1, 0.15) is 11.3 Å². The Morgan fingerprint density at radius 3 is 2.39 bits per heavy atom. The van der Waals surface area contributed by atoms with Crippen molar-refractivity contribution in [2.75, 3.05) is 36.4 Å². The topological polar surface area (TPSA) is 86.5 Å². The Kier molecular flexibility index (Phi) is 6.96. The minimum absolute atomic E-state index is 0.00459. The second-order valence-electron chi connectivity index (χ2n) is 9.18. The smallest absolute Gasteiger partial charge is 0.417 e. The van der Waals surface area contributed by atoms with Crippen molar-refractivity contribution in [3.05, 3.63) is 40.5 Å². The van der Waals surface area contributed by atoms with Gasteiger partial charge in [-0.3, -0.25) is 4.79 Å². The minimum Gasteiger partial charge on any atom is -0.493 e. The van der Waals surface area contributed by atoms with E-state index in [0.717, 1.165) is 6.07 Å². The third-order valence-corrected chi connectivity index (χ3v) is 6.70. The normalized spacial score (nSPS) is 15.6. The molecule has 1 aliphatic heterocycles. The number of benzene rings is 1. The molecule has 0 aliphatic carbocycles. The summed E-state index contributed by atoms with van der Waals surface area (Å²) < 4.78 is 41.9. The van der Waals surface area contributed by atoms with Crippen LogP contribution in [0.25, 0.3) is 10.9 Å². The lowest BCUT2D eigenvalue weighted by atomic mass is 10.0. The molecule has 194 valence electrons. The second-order valence-corrected chi connectivity index (χ2v) is 9.59. The van der Waals surface area contributed by atoms with E-state index in [2.05, 4.69) is 15.3 Å². The van der Waals surface area contributed by atoms with Crippen molar-refractivity contribution in [1.82, 2.24) is 19.4 Å². The number of hydrogen-bond donors (Lipinski definition) is 2. The Labute approximate surface area is 211 Å². The average molecular weight is 525 g/mol. The van der Waals surface area contributed by atoms with Crippen LogP contribution in [0.4, 0.5) is 24.9 Å². The molecular weight excluding hydrogens is 497 g/mol. The maximum atomic E-state index is 13.4. The van der Waals surface area contributed by atoms with Crippen LogP contribution in [0.3, 0.4) is 0 Å². The SMILES string of the molecule is CC(=O)N1CCN(c2nc(N[C@H](C)c3ccc(Cl)c(C(F)(F)F)c3)c3cn(C(C)C)c(O)c3n2)CC1. The number of nitrogens with one attached hydrogen (secondary N) is 1. The third-order valence-electron chi connectivity index (χ3n) is 6.37. The lowest BCUT2D eigenvalue weighted by Gasteiger charge is -2.34. The maximum absolute atomic E-state index is 13.4. The standard InChI is InChI=1S/C24H28ClF3N6O2/c1-13(2)34-12-17-20(22(34)36)30-23(33-9-7-32(8-10-33)15(4)35)31-21(17)29-14(3)16-5-6-19(25)18(11-16)24(26,27)28/h5-6,11-14,36H,7-10H2,1-4H3,(H,29,30,31)/t14-/m1/s1. The quantitative estimate of drug-likeness (QED) is 0.475. The Hall–Kier alpha value is -3.21. The molecule has 1 aliphatic rings. The van der Waals surface area contributed by atoms with Crippen molar-refractivity contribution in [2.24, 2.45) is 0 Å². The zero-order valence-electron chi connectivity index (χ0n) is 20.4. The first-order valence-electron chi connectivity index (χ1n) is 11.6. The van der Waals surface area contributed by atoms with Crippen LogP contribution < -0.4 is 10.2 Å². The number of nitrogens with zero attached hydrogens (tertiary/aromatic N) is 5. The molecule has 0 radical (unpaired) electrons. The van der Waals surface area contributed by atoms with Gasteiger partial charge in [-0.2, -0.15) is 18.2 Å². The van der Waals surface area contributed by atoms with E-state index >= 15 is 0 Å². The fraction of sp³-hybridized carbons (Fsp3) is 0.458. The van der Waals surface area contributed by atoms with E-state index in [1.165, 1.54) is 19.1 Å². The molecule has 36 heavy (non-hydrogen) atoms. The van der Waals surface area contributed by atoms with Gasteiger partial charge in [0.25, 0.3) is 0 Å². The Bertz CT molecular complexity index is 1290. The Morgan fingerprint density at radius 2 is 1.81 bits per heavy atom. The molecule has 1 saturated heterocycles. The van der Waals surface area contributed by atoms with E-state index in [1.54, 1.807) is 22.6 Å². The van der Waals surface area contributed by atoms with E-state index in [9.17, 15) is 23.1 Å². The van der Waals surface area contributed by atoms with Crippen LogP contribution in [0.5, 0.6) is 5.88 Å². The van der Waals surface area contributed by atoms with Gasteiger partial charge in [0.15, 0.2) is 0 Å². The number of piperazine rings is 1. The molecule has 3 heterocycles. The Balaban J connectivity index is 1.73. The van der Waals surface area contributed by atoms with E-state index in [-0.39, 0.29) is 22.9 Å². The summed E-state index contributed by atoms with van der Waals surface area (Å²) in [6, 6.07) is 3.17. The highest BCUT2D eigenvalue weighted by Gasteiger charge is 2.34. The molecule has 3 aromatic rings. The lowest BCUT2D eigenvalue weighted by molar-refractivity contribution is -0.137. The summed E-state index contributed by atoms with van der Waals surface area (Å²) in [5.41, 5.74) is -0.192. The van der Waals surface area contributed by atoms with E-state index in [4.69, 9.17) is 11.6 Å². The highest BCUT2D eigenvalue weighted by atomic mass is 35.5. The van der Waals surface area contributed by atoms with Crippen molar-refractivity contribution in [1.29, 1.82) is 0 Å². The number of anilines is 2. The largest absolute Gasteiger partial charge is 0.493 e. The molecule has 12 heteroatoms. The Morgan fingerprint density at radius 1 is 1.14 bits per heavy atom. The summed E-state index contributed by atoms with van der Waals surface area (Å²) >= 11 is 5.79. The number of aromatic nitrogens is 3. The summed E-state index contributed by atoms with van der Waals surface area (Å²) in [7, 11) is 0. The summed E-state index contributed by atoms with van der Waals surface area (Å²) in [4.78, 5) is 24.7. The average Bonchev–Trinajstić information content (AvgIpc) is 3.15. The van der Waals surface area contributed by atoms with Gasteiger partial charge in [-0.25, -0.2) is 4.98 Å². The van der Waals surface area contributed by atoms with Crippen LogP contribution in [-0.4, -0.2) is 56.6 Å². The van der Waals surface area contributed by atoms with Crippen molar-refractivity contribution in [3.8, 4) is 5.88 Å². The molecule has 0 saturated carbocycles. The van der Waals surface area contributed by atoms with Gasteiger partial charge in [0.2, 0.25) is 17.7 Å². The van der Waals surface area contributed by atoms with Crippen LogP contribution in [-0.2, 0) is 11.0 Å². The summed E-state index contributed by atoms with van der Waals surface area (Å²) in [6.07, 6.45) is -2.85. The summed E-state index contributed by atoms with van der Waals surface area (Å²) in [5, 5.41) is 14.3. The molecule has 0 unspecified atom stereocenters. The van der Waals surface area contributed by atoms with E-state index in [0.29, 0.717) is 54.4 Å². The van der Waals surface area contributed by atoms with E-state index in [1.807, 2.05) is 18.7 Å². The first kappa shape index (κ1) is 25.9. The van der Waals surface area contributed by atoms with Gasteiger partial charge in [-0.1, -0.05) is 17.7 Å². The van der Waals surface area contributed by atoms with Crippen molar-refractivity contribution < 1.29 is 23.1 Å². The highest BCUT2D eigenvalue weighted by molar-refractivity contribution is 6.31. The molecular formula is C24H28ClF3N6O2. The zero-order valence-corrected chi connectivity index (χ0v) is 21.2.